The Balaban J connectivity index is 2.37. The van der Waals surface area contributed by atoms with Crippen molar-refractivity contribution >= 4 is 62.3 Å². The van der Waals surface area contributed by atoms with E-state index in [-0.39, 0.29) is 28.2 Å². The van der Waals surface area contributed by atoms with Gasteiger partial charge in [0, 0.05) is 18.1 Å². The highest BCUT2D eigenvalue weighted by Gasteiger charge is 2.30. The van der Waals surface area contributed by atoms with E-state index in [4.69, 9.17) is 34.8 Å². The first-order valence-corrected chi connectivity index (χ1v) is 13.7. The number of carbonyl (C=O) groups is 2. The van der Waals surface area contributed by atoms with Crippen molar-refractivity contribution in [1.82, 2.24) is 10.2 Å². The molecule has 0 heterocycles. The van der Waals surface area contributed by atoms with Crippen molar-refractivity contribution in [3.05, 3.63) is 63.1 Å². The van der Waals surface area contributed by atoms with E-state index in [0.717, 1.165) is 23.4 Å². The van der Waals surface area contributed by atoms with Crippen molar-refractivity contribution < 1.29 is 18.0 Å². The van der Waals surface area contributed by atoms with Gasteiger partial charge in [0.2, 0.25) is 21.8 Å². The summed E-state index contributed by atoms with van der Waals surface area (Å²) < 4.78 is 26.0. The molecule has 2 aromatic carbocycles. The molecule has 0 aliphatic carbocycles. The van der Waals surface area contributed by atoms with Gasteiger partial charge in [-0.15, -0.1) is 0 Å². The second-order valence-corrected chi connectivity index (χ2v) is 11.0. The minimum absolute atomic E-state index is 0.0702. The third kappa shape index (κ3) is 8.05. The molecule has 7 nitrogen and oxygen atoms in total. The van der Waals surface area contributed by atoms with Crippen LogP contribution in [0.5, 0.6) is 0 Å². The van der Waals surface area contributed by atoms with Gasteiger partial charge in [-0.3, -0.25) is 13.9 Å². The molecule has 0 spiro atoms. The van der Waals surface area contributed by atoms with E-state index < -0.39 is 28.5 Å². The zero-order valence-corrected chi connectivity index (χ0v) is 22.3. The molecule has 0 fully saturated rings. The molecule has 0 saturated heterocycles. The van der Waals surface area contributed by atoms with Crippen LogP contribution in [-0.2, 0) is 26.2 Å². The van der Waals surface area contributed by atoms with Crippen LogP contribution in [-0.4, -0.2) is 50.5 Å². The number of rotatable bonds is 11. The molecule has 0 bridgehead atoms. The highest BCUT2D eigenvalue weighted by molar-refractivity contribution is 7.92. The first-order chi connectivity index (χ1) is 15.9. The van der Waals surface area contributed by atoms with E-state index in [0.29, 0.717) is 17.1 Å². The van der Waals surface area contributed by atoms with Gasteiger partial charge in [0.15, 0.2) is 0 Å². The molecule has 2 rings (SSSR count). The SMILES string of the molecule is CCCCNC(=O)[C@H](C)N(Cc1cccc(Cl)c1)C(=O)CN(c1ccc(Cl)c(Cl)c1)S(C)(=O)=O. The zero-order valence-electron chi connectivity index (χ0n) is 19.2. The Bertz CT molecular complexity index is 1130. The molecule has 0 aromatic heterocycles. The lowest BCUT2D eigenvalue weighted by molar-refractivity contribution is -0.139. The maximum Gasteiger partial charge on any atom is 0.244 e. The van der Waals surface area contributed by atoms with Crippen LogP contribution in [0.2, 0.25) is 15.1 Å². The van der Waals surface area contributed by atoms with Gasteiger partial charge < -0.3 is 10.2 Å². The fraction of sp³-hybridized carbons (Fsp3) is 0.391. The van der Waals surface area contributed by atoms with Crippen LogP contribution >= 0.6 is 34.8 Å². The van der Waals surface area contributed by atoms with Crippen LogP contribution in [0.4, 0.5) is 5.69 Å². The molecule has 0 unspecified atom stereocenters. The number of carbonyl (C=O) groups excluding carboxylic acids is 2. The Labute approximate surface area is 216 Å². The topological polar surface area (TPSA) is 86.8 Å². The molecule has 11 heteroatoms. The summed E-state index contributed by atoms with van der Waals surface area (Å²) in [5, 5.41) is 3.71. The van der Waals surface area contributed by atoms with E-state index in [1.165, 1.54) is 23.1 Å². The number of hydrogen-bond donors (Lipinski definition) is 1. The van der Waals surface area contributed by atoms with Gasteiger partial charge in [0.05, 0.1) is 22.0 Å². The Kier molecular flexibility index (Phi) is 10.5. The van der Waals surface area contributed by atoms with Gasteiger partial charge in [-0.2, -0.15) is 0 Å². The third-order valence-electron chi connectivity index (χ3n) is 5.11. The molecule has 1 N–H and O–H groups in total. The number of nitrogens with one attached hydrogen (secondary N) is 1. The standard InChI is InChI=1S/C23H28Cl3N3O4S/c1-4-5-11-27-23(31)16(2)28(14-17-7-6-8-18(24)12-17)22(30)15-29(34(3,32)33)19-9-10-20(25)21(26)13-19/h6-10,12-13,16H,4-5,11,14-15H2,1-3H3,(H,27,31)/t16-/m0/s1. The number of benzene rings is 2. The highest BCUT2D eigenvalue weighted by atomic mass is 35.5. The van der Waals surface area contributed by atoms with Gasteiger partial charge >= 0.3 is 0 Å². The van der Waals surface area contributed by atoms with Gasteiger partial charge in [-0.1, -0.05) is 60.3 Å². The maximum atomic E-state index is 13.4. The van der Waals surface area contributed by atoms with Crippen LogP contribution in [0.25, 0.3) is 0 Å². The van der Waals surface area contributed by atoms with Crippen LogP contribution in [0.1, 0.15) is 32.3 Å². The molecular formula is C23H28Cl3N3O4S. The van der Waals surface area contributed by atoms with E-state index in [1.807, 2.05) is 6.92 Å². The van der Waals surface area contributed by atoms with Crippen LogP contribution in [0, 0.1) is 0 Å². The lowest BCUT2D eigenvalue weighted by Crippen LogP contribution is -2.51. The summed E-state index contributed by atoms with van der Waals surface area (Å²) in [6.07, 6.45) is 2.71. The first-order valence-electron chi connectivity index (χ1n) is 10.7. The van der Waals surface area contributed by atoms with Gasteiger partial charge in [0.25, 0.3) is 0 Å². The highest BCUT2D eigenvalue weighted by Crippen LogP contribution is 2.28. The quantitative estimate of drug-likeness (QED) is 0.411. The normalized spacial score (nSPS) is 12.2. The van der Waals surface area contributed by atoms with Crippen LogP contribution < -0.4 is 9.62 Å². The van der Waals surface area contributed by atoms with Crippen molar-refractivity contribution in [2.75, 3.05) is 23.7 Å². The summed E-state index contributed by atoms with van der Waals surface area (Å²) in [6, 6.07) is 10.4. The average molecular weight is 549 g/mol. The lowest BCUT2D eigenvalue weighted by Gasteiger charge is -2.31. The molecule has 2 amide bonds. The molecule has 0 radical (unpaired) electrons. The molecule has 0 saturated carbocycles. The van der Waals surface area contributed by atoms with Crippen molar-refractivity contribution in [3.8, 4) is 0 Å². The summed E-state index contributed by atoms with van der Waals surface area (Å²) in [5.74, 6) is -0.890. The van der Waals surface area contributed by atoms with Crippen molar-refractivity contribution in [2.24, 2.45) is 0 Å². The van der Waals surface area contributed by atoms with Crippen molar-refractivity contribution in [2.45, 2.75) is 39.3 Å². The Morgan fingerprint density at radius 3 is 2.35 bits per heavy atom. The Morgan fingerprint density at radius 1 is 1.06 bits per heavy atom. The van der Waals surface area contributed by atoms with Crippen LogP contribution in [0.3, 0.4) is 0 Å². The fourth-order valence-electron chi connectivity index (χ4n) is 3.20. The van der Waals surface area contributed by atoms with E-state index in [2.05, 4.69) is 5.32 Å². The average Bonchev–Trinajstić information content (AvgIpc) is 2.76. The summed E-state index contributed by atoms with van der Waals surface area (Å²) in [7, 11) is -3.86. The summed E-state index contributed by atoms with van der Waals surface area (Å²) in [6.45, 7) is 3.64. The Morgan fingerprint density at radius 2 is 1.76 bits per heavy atom. The number of sulfonamides is 1. The number of halogens is 3. The summed E-state index contributed by atoms with van der Waals surface area (Å²) in [4.78, 5) is 27.5. The molecule has 0 aliphatic rings. The van der Waals surface area contributed by atoms with Crippen molar-refractivity contribution in [1.29, 1.82) is 0 Å². The smallest absolute Gasteiger partial charge is 0.244 e. The monoisotopic (exact) mass is 547 g/mol. The third-order valence-corrected chi connectivity index (χ3v) is 7.22. The van der Waals surface area contributed by atoms with Gasteiger partial charge in [-0.05, 0) is 49.2 Å². The second-order valence-electron chi connectivity index (χ2n) is 7.84. The second kappa shape index (κ2) is 12.6. The number of anilines is 1. The predicted molar refractivity (Wildman–Crippen MR) is 138 cm³/mol. The van der Waals surface area contributed by atoms with Crippen LogP contribution in [0.15, 0.2) is 42.5 Å². The maximum absolute atomic E-state index is 13.4. The lowest BCUT2D eigenvalue weighted by atomic mass is 10.1. The predicted octanol–water partition coefficient (Wildman–Crippen LogP) is 4.75. The summed E-state index contributed by atoms with van der Waals surface area (Å²) >= 11 is 18.1. The number of hydrogen-bond acceptors (Lipinski definition) is 4. The largest absolute Gasteiger partial charge is 0.354 e. The van der Waals surface area contributed by atoms with Crippen molar-refractivity contribution in [3.63, 3.8) is 0 Å². The molecule has 1 atom stereocenters. The number of nitrogens with zero attached hydrogens (tertiary/aromatic N) is 2. The minimum atomic E-state index is -3.86. The number of unbranched alkanes of at least 4 members (excludes halogenated alkanes) is 1. The van der Waals surface area contributed by atoms with E-state index in [1.54, 1.807) is 31.2 Å². The molecule has 34 heavy (non-hydrogen) atoms. The molecule has 0 aliphatic heterocycles. The Hall–Kier alpha value is -2.00. The minimum Gasteiger partial charge on any atom is -0.354 e. The first kappa shape index (κ1) is 28.2. The zero-order chi connectivity index (χ0) is 25.5. The molecular weight excluding hydrogens is 521 g/mol. The fourth-order valence-corrected chi connectivity index (χ4v) is 4.55. The molecule has 186 valence electrons. The van der Waals surface area contributed by atoms with Gasteiger partial charge in [0.1, 0.15) is 12.6 Å². The molecule has 2 aromatic rings. The van der Waals surface area contributed by atoms with E-state index >= 15 is 0 Å². The number of amides is 2. The van der Waals surface area contributed by atoms with E-state index in [9.17, 15) is 18.0 Å². The van der Waals surface area contributed by atoms with Gasteiger partial charge in [-0.25, -0.2) is 8.42 Å². The summed E-state index contributed by atoms with van der Waals surface area (Å²) in [5.41, 5.74) is 0.891.